The Morgan fingerprint density at radius 2 is 1.77 bits per heavy atom. The van der Waals surface area contributed by atoms with E-state index >= 15 is 0 Å². The van der Waals surface area contributed by atoms with E-state index in [9.17, 15) is 9.59 Å². The molecule has 178 valence electrons. The number of ether oxygens (including phenoxy) is 1. The maximum absolute atomic E-state index is 13.3. The van der Waals surface area contributed by atoms with Crippen molar-refractivity contribution in [2.75, 3.05) is 18.5 Å². The average molecular weight is 488 g/mol. The molecule has 4 aromatic rings. The molecular formula is C28H26ClN3O3. The second-order valence-electron chi connectivity index (χ2n) is 8.59. The summed E-state index contributed by atoms with van der Waals surface area (Å²) in [5.74, 6) is 0.0999. The molecule has 1 aromatic heterocycles. The number of halogens is 1. The van der Waals surface area contributed by atoms with Gasteiger partial charge in [-0.15, -0.1) is 0 Å². The lowest BCUT2D eigenvalue weighted by Crippen LogP contribution is -2.45. The van der Waals surface area contributed by atoms with Crippen LogP contribution in [0.25, 0.3) is 21.8 Å². The minimum absolute atomic E-state index is 0.147. The van der Waals surface area contributed by atoms with Crippen LogP contribution in [0.15, 0.2) is 83.9 Å². The van der Waals surface area contributed by atoms with E-state index in [2.05, 4.69) is 28.9 Å². The number of anilines is 1. The molecule has 0 radical (unpaired) electrons. The van der Waals surface area contributed by atoms with Gasteiger partial charge in [0.2, 0.25) is 5.91 Å². The first-order valence-corrected chi connectivity index (χ1v) is 12.1. The van der Waals surface area contributed by atoms with E-state index in [0.717, 1.165) is 33.9 Å². The van der Waals surface area contributed by atoms with Crippen molar-refractivity contribution in [3.8, 4) is 5.75 Å². The summed E-state index contributed by atoms with van der Waals surface area (Å²) in [6, 6.07) is 22.7. The molecule has 1 N–H and O–H groups in total. The van der Waals surface area contributed by atoms with Gasteiger partial charge in [-0.05, 0) is 48.9 Å². The number of hydrogen-bond acceptors (Lipinski definition) is 3. The molecule has 0 spiro atoms. The zero-order chi connectivity index (χ0) is 24.4. The highest BCUT2D eigenvalue weighted by Crippen LogP contribution is 2.32. The molecule has 1 saturated heterocycles. The number of benzene rings is 3. The molecule has 35 heavy (non-hydrogen) atoms. The van der Waals surface area contributed by atoms with Crippen molar-refractivity contribution in [1.29, 1.82) is 0 Å². The summed E-state index contributed by atoms with van der Waals surface area (Å²) in [6.07, 6.45) is 0.393. The Morgan fingerprint density at radius 3 is 2.54 bits per heavy atom. The van der Waals surface area contributed by atoms with Gasteiger partial charge in [-0.1, -0.05) is 48.0 Å². The van der Waals surface area contributed by atoms with Crippen LogP contribution in [0.5, 0.6) is 5.75 Å². The van der Waals surface area contributed by atoms with Crippen molar-refractivity contribution in [2.45, 2.75) is 25.9 Å². The summed E-state index contributed by atoms with van der Waals surface area (Å²) in [5.41, 5.74) is 5.27. The molecule has 1 atom stereocenters. The monoisotopic (exact) mass is 487 g/mol. The van der Waals surface area contributed by atoms with Crippen LogP contribution in [0.1, 0.15) is 13.3 Å². The standard InChI is InChI=1S/C28H26ClN3O3/c1-2-31-24-11-7-6-10-22(24)23-15-20(12-13-25(23)31)30-28(34)26-14-19(16-29)17-32(26)27(33)18-35-21-8-4-3-5-9-21/h3-13,15-16,26H,2,14,17-18H2,1H3,(H,30,34)/t26-/m0/s1. The van der Waals surface area contributed by atoms with Crippen LogP contribution in [0.3, 0.4) is 0 Å². The predicted molar refractivity (Wildman–Crippen MR) is 140 cm³/mol. The van der Waals surface area contributed by atoms with E-state index in [0.29, 0.717) is 24.4 Å². The van der Waals surface area contributed by atoms with E-state index in [1.165, 1.54) is 10.4 Å². The number of likely N-dealkylation sites (tertiary alicyclic amines) is 1. The smallest absolute Gasteiger partial charge is 0.261 e. The summed E-state index contributed by atoms with van der Waals surface area (Å²) < 4.78 is 7.88. The van der Waals surface area contributed by atoms with Gasteiger partial charge in [0.25, 0.3) is 5.91 Å². The molecule has 2 amide bonds. The molecular weight excluding hydrogens is 462 g/mol. The van der Waals surface area contributed by atoms with Crippen LogP contribution in [0, 0.1) is 0 Å². The van der Waals surface area contributed by atoms with Gasteiger partial charge < -0.3 is 19.5 Å². The van der Waals surface area contributed by atoms with Crippen molar-refractivity contribution in [2.24, 2.45) is 0 Å². The van der Waals surface area contributed by atoms with Crippen molar-refractivity contribution in [1.82, 2.24) is 9.47 Å². The van der Waals surface area contributed by atoms with Gasteiger partial charge in [0, 0.05) is 52.5 Å². The lowest BCUT2D eigenvalue weighted by molar-refractivity contribution is -0.138. The second-order valence-corrected chi connectivity index (χ2v) is 8.81. The maximum Gasteiger partial charge on any atom is 0.261 e. The van der Waals surface area contributed by atoms with Gasteiger partial charge in [-0.25, -0.2) is 0 Å². The molecule has 2 heterocycles. The Kier molecular flexibility index (Phi) is 6.47. The van der Waals surface area contributed by atoms with Gasteiger partial charge in [-0.3, -0.25) is 9.59 Å². The Balaban J connectivity index is 1.36. The Labute approximate surface area is 208 Å². The van der Waals surface area contributed by atoms with Crippen LogP contribution < -0.4 is 10.1 Å². The summed E-state index contributed by atoms with van der Waals surface area (Å²) >= 11 is 5.95. The number of carbonyl (C=O) groups excluding carboxylic acids is 2. The highest BCUT2D eigenvalue weighted by Gasteiger charge is 2.36. The first-order valence-electron chi connectivity index (χ1n) is 11.7. The Morgan fingerprint density at radius 1 is 1.03 bits per heavy atom. The van der Waals surface area contributed by atoms with E-state index in [1.54, 1.807) is 12.1 Å². The fourth-order valence-corrected chi connectivity index (χ4v) is 4.93. The fraction of sp³-hybridized carbons (Fsp3) is 0.214. The van der Waals surface area contributed by atoms with Gasteiger partial charge in [0.1, 0.15) is 11.8 Å². The number of nitrogens with one attached hydrogen (secondary N) is 1. The summed E-state index contributed by atoms with van der Waals surface area (Å²) in [6.45, 7) is 3.14. The number of rotatable bonds is 6. The predicted octanol–water partition coefficient (Wildman–Crippen LogP) is 5.56. The van der Waals surface area contributed by atoms with E-state index < -0.39 is 6.04 Å². The Hall–Kier alpha value is -3.77. The third kappa shape index (κ3) is 4.49. The highest BCUT2D eigenvalue weighted by molar-refractivity contribution is 6.25. The van der Waals surface area contributed by atoms with Crippen LogP contribution in [0.4, 0.5) is 5.69 Å². The average Bonchev–Trinajstić information content (AvgIpc) is 3.47. The number of fused-ring (bicyclic) bond motifs is 3. The molecule has 0 saturated carbocycles. The normalized spacial score (nSPS) is 16.8. The number of carbonyl (C=O) groups is 2. The molecule has 0 unspecified atom stereocenters. The molecule has 0 aliphatic carbocycles. The van der Waals surface area contributed by atoms with E-state index in [-0.39, 0.29) is 18.4 Å². The summed E-state index contributed by atoms with van der Waals surface area (Å²) in [4.78, 5) is 27.8. The first-order chi connectivity index (χ1) is 17.1. The van der Waals surface area contributed by atoms with Gasteiger partial charge in [0.05, 0.1) is 0 Å². The van der Waals surface area contributed by atoms with E-state index in [1.807, 2.05) is 48.5 Å². The van der Waals surface area contributed by atoms with Crippen LogP contribution in [-0.2, 0) is 16.1 Å². The number of hydrogen-bond donors (Lipinski definition) is 1. The van der Waals surface area contributed by atoms with Crippen molar-refractivity contribution in [3.63, 3.8) is 0 Å². The number of amides is 2. The van der Waals surface area contributed by atoms with Crippen molar-refractivity contribution >= 4 is 50.9 Å². The molecule has 6 nitrogen and oxygen atoms in total. The van der Waals surface area contributed by atoms with Crippen LogP contribution in [0.2, 0.25) is 0 Å². The minimum Gasteiger partial charge on any atom is -0.484 e. The number of aromatic nitrogens is 1. The number of nitrogens with zero attached hydrogens (tertiary/aromatic N) is 2. The lowest BCUT2D eigenvalue weighted by atomic mass is 10.1. The van der Waals surface area contributed by atoms with Crippen molar-refractivity contribution < 1.29 is 14.3 Å². The quantitative estimate of drug-likeness (QED) is 0.387. The molecule has 5 rings (SSSR count). The zero-order valence-corrected chi connectivity index (χ0v) is 20.2. The molecule has 7 heteroatoms. The summed E-state index contributed by atoms with van der Waals surface area (Å²) in [7, 11) is 0. The minimum atomic E-state index is -0.653. The second kappa shape index (κ2) is 9.84. The van der Waals surface area contributed by atoms with Gasteiger partial charge in [-0.2, -0.15) is 0 Å². The molecule has 0 bridgehead atoms. The van der Waals surface area contributed by atoms with Gasteiger partial charge in [0.15, 0.2) is 6.61 Å². The molecule has 1 fully saturated rings. The van der Waals surface area contributed by atoms with E-state index in [4.69, 9.17) is 16.3 Å². The fourth-order valence-electron chi connectivity index (χ4n) is 4.77. The van der Waals surface area contributed by atoms with Crippen LogP contribution >= 0.6 is 11.6 Å². The van der Waals surface area contributed by atoms with Crippen LogP contribution in [-0.4, -0.2) is 40.5 Å². The topological polar surface area (TPSA) is 63.6 Å². The first kappa shape index (κ1) is 23.0. The highest BCUT2D eigenvalue weighted by atomic mass is 35.5. The number of para-hydroxylation sites is 2. The summed E-state index contributed by atoms with van der Waals surface area (Å²) in [5, 5.41) is 5.24. The molecule has 3 aromatic carbocycles. The Bertz CT molecular complexity index is 1430. The van der Waals surface area contributed by atoms with Crippen molar-refractivity contribution in [3.05, 3.63) is 83.9 Å². The zero-order valence-electron chi connectivity index (χ0n) is 19.4. The third-order valence-corrected chi connectivity index (χ3v) is 6.75. The largest absolute Gasteiger partial charge is 0.484 e. The lowest BCUT2D eigenvalue weighted by Gasteiger charge is -2.23. The SMILES string of the molecule is CCn1c2ccccc2c2cc(NC(=O)[C@@H]3CC(=CCl)CN3C(=O)COc3ccccc3)ccc21. The maximum atomic E-state index is 13.3. The molecule has 1 aliphatic heterocycles. The molecule has 1 aliphatic rings. The van der Waals surface area contributed by atoms with Gasteiger partial charge >= 0.3 is 0 Å². The third-order valence-electron chi connectivity index (χ3n) is 6.44. The number of aryl methyl sites for hydroxylation is 1.